The number of hydrogen-bond acceptors (Lipinski definition) is 2. The highest BCUT2D eigenvalue weighted by molar-refractivity contribution is 6.30. The molecule has 2 rings (SSSR count). The zero-order chi connectivity index (χ0) is 14.4. The van der Waals surface area contributed by atoms with E-state index in [-0.39, 0.29) is 0 Å². The van der Waals surface area contributed by atoms with Gasteiger partial charge in [0.15, 0.2) is 0 Å². The lowest BCUT2D eigenvalue weighted by Gasteiger charge is -2.33. The standard InChI is InChI=1S/C17H26ClNO/c1-3-13-4-6-14(7-5-13)17(19-2)12-20-16-10-8-15(18)9-11-16/h8-11,13-14,17,19H,3-7,12H2,1-2H3. The van der Waals surface area contributed by atoms with Gasteiger partial charge in [0.2, 0.25) is 0 Å². The second-order valence-electron chi connectivity index (χ2n) is 5.85. The van der Waals surface area contributed by atoms with Crippen molar-refractivity contribution in [2.24, 2.45) is 11.8 Å². The number of hydrogen-bond donors (Lipinski definition) is 1. The fraction of sp³-hybridized carbons (Fsp3) is 0.647. The average Bonchev–Trinajstić information content (AvgIpc) is 2.50. The van der Waals surface area contributed by atoms with E-state index in [0.717, 1.165) is 29.2 Å². The van der Waals surface area contributed by atoms with Gasteiger partial charge in [-0.05, 0) is 56.0 Å². The van der Waals surface area contributed by atoms with Crippen molar-refractivity contribution in [3.05, 3.63) is 29.3 Å². The van der Waals surface area contributed by atoms with Gasteiger partial charge in [0.1, 0.15) is 12.4 Å². The first-order valence-electron chi connectivity index (χ1n) is 7.78. The number of ether oxygens (including phenoxy) is 1. The summed E-state index contributed by atoms with van der Waals surface area (Å²) in [6.45, 7) is 3.05. The van der Waals surface area contributed by atoms with E-state index in [0.29, 0.717) is 6.04 Å². The Kier molecular flexibility index (Phi) is 6.18. The molecule has 3 heteroatoms. The molecule has 1 fully saturated rings. The van der Waals surface area contributed by atoms with E-state index in [1.807, 2.05) is 31.3 Å². The van der Waals surface area contributed by atoms with E-state index in [2.05, 4.69) is 12.2 Å². The Morgan fingerprint density at radius 2 is 1.85 bits per heavy atom. The maximum atomic E-state index is 5.90. The van der Waals surface area contributed by atoms with Crippen LogP contribution in [0.1, 0.15) is 39.0 Å². The van der Waals surface area contributed by atoms with Crippen LogP contribution in [0.3, 0.4) is 0 Å². The molecule has 0 aliphatic heterocycles. The monoisotopic (exact) mass is 295 g/mol. The quantitative estimate of drug-likeness (QED) is 0.833. The fourth-order valence-corrected chi connectivity index (χ4v) is 3.30. The van der Waals surface area contributed by atoms with E-state index < -0.39 is 0 Å². The molecular weight excluding hydrogens is 270 g/mol. The van der Waals surface area contributed by atoms with Crippen LogP contribution in [0.15, 0.2) is 24.3 Å². The second-order valence-corrected chi connectivity index (χ2v) is 6.29. The molecule has 1 aliphatic rings. The van der Waals surface area contributed by atoms with E-state index in [1.54, 1.807) is 0 Å². The molecule has 0 saturated heterocycles. The summed E-state index contributed by atoms with van der Waals surface area (Å²) < 4.78 is 5.90. The number of halogens is 1. The van der Waals surface area contributed by atoms with Gasteiger partial charge in [-0.3, -0.25) is 0 Å². The normalized spacial score (nSPS) is 24.4. The van der Waals surface area contributed by atoms with Gasteiger partial charge < -0.3 is 10.1 Å². The first-order valence-corrected chi connectivity index (χ1v) is 8.16. The second kappa shape index (κ2) is 7.90. The van der Waals surface area contributed by atoms with Crippen LogP contribution in [0.4, 0.5) is 0 Å². The van der Waals surface area contributed by atoms with Crippen molar-refractivity contribution in [2.45, 2.75) is 45.1 Å². The van der Waals surface area contributed by atoms with Gasteiger partial charge in [-0.2, -0.15) is 0 Å². The first-order chi connectivity index (χ1) is 9.72. The molecule has 0 bridgehead atoms. The van der Waals surface area contributed by atoms with E-state index in [9.17, 15) is 0 Å². The third-order valence-corrected chi connectivity index (χ3v) is 4.90. The molecule has 0 amide bonds. The van der Waals surface area contributed by atoms with Crippen molar-refractivity contribution >= 4 is 11.6 Å². The van der Waals surface area contributed by atoms with Crippen molar-refractivity contribution in [1.82, 2.24) is 5.32 Å². The highest BCUT2D eigenvalue weighted by Gasteiger charge is 2.26. The summed E-state index contributed by atoms with van der Waals surface area (Å²) in [5, 5.41) is 4.19. The highest BCUT2D eigenvalue weighted by atomic mass is 35.5. The molecule has 0 radical (unpaired) electrons. The van der Waals surface area contributed by atoms with Gasteiger partial charge in [0.05, 0.1) is 0 Å². The smallest absolute Gasteiger partial charge is 0.119 e. The third kappa shape index (κ3) is 4.39. The van der Waals surface area contributed by atoms with Crippen molar-refractivity contribution < 1.29 is 4.74 Å². The van der Waals surface area contributed by atoms with Crippen LogP contribution in [-0.2, 0) is 0 Å². The average molecular weight is 296 g/mol. The molecule has 1 unspecified atom stereocenters. The molecule has 0 spiro atoms. The summed E-state index contributed by atoms with van der Waals surface area (Å²) in [4.78, 5) is 0. The predicted octanol–water partition coefficient (Wildman–Crippen LogP) is 4.52. The zero-order valence-corrected chi connectivity index (χ0v) is 13.3. The maximum Gasteiger partial charge on any atom is 0.119 e. The molecule has 20 heavy (non-hydrogen) atoms. The molecular formula is C17H26ClNO. The Labute approximate surface area is 127 Å². The van der Waals surface area contributed by atoms with E-state index in [1.165, 1.54) is 32.1 Å². The van der Waals surface area contributed by atoms with Crippen LogP contribution in [0, 0.1) is 11.8 Å². The topological polar surface area (TPSA) is 21.3 Å². The van der Waals surface area contributed by atoms with Crippen LogP contribution in [0.5, 0.6) is 5.75 Å². The molecule has 1 N–H and O–H groups in total. The summed E-state index contributed by atoms with van der Waals surface area (Å²) in [5.41, 5.74) is 0. The van der Waals surface area contributed by atoms with Crippen LogP contribution < -0.4 is 10.1 Å². The summed E-state index contributed by atoms with van der Waals surface area (Å²) in [6.07, 6.45) is 6.74. The summed E-state index contributed by atoms with van der Waals surface area (Å²) in [5.74, 6) is 2.59. The summed E-state index contributed by atoms with van der Waals surface area (Å²) >= 11 is 5.88. The Morgan fingerprint density at radius 1 is 1.20 bits per heavy atom. The molecule has 1 aromatic carbocycles. The lowest BCUT2D eigenvalue weighted by molar-refractivity contribution is 0.170. The molecule has 1 aromatic rings. The van der Waals surface area contributed by atoms with E-state index in [4.69, 9.17) is 16.3 Å². The lowest BCUT2D eigenvalue weighted by Crippen LogP contribution is -2.40. The predicted molar refractivity (Wildman–Crippen MR) is 85.5 cm³/mol. The molecule has 0 aromatic heterocycles. The SMILES string of the molecule is CCC1CCC(C(COc2ccc(Cl)cc2)NC)CC1. The maximum absolute atomic E-state index is 5.90. The Morgan fingerprint density at radius 3 is 2.40 bits per heavy atom. The van der Waals surface area contributed by atoms with Crippen molar-refractivity contribution in [1.29, 1.82) is 0 Å². The van der Waals surface area contributed by atoms with Crippen molar-refractivity contribution in [3.63, 3.8) is 0 Å². The number of rotatable bonds is 6. The largest absolute Gasteiger partial charge is 0.492 e. The minimum absolute atomic E-state index is 0.448. The van der Waals surface area contributed by atoms with Gasteiger partial charge in [-0.1, -0.05) is 37.8 Å². The highest BCUT2D eigenvalue weighted by Crippen LogP contribution is 2.32. The minimum Gasteiger partial charge on any atom is -0.492 e. The summed E-state index contributed by atoms with van der Waals surface area (Å²) in [7, 11) is 2.04. The van der Waals surface area contributed by atoms with Gasteiger partial charge in [-0.25, -0.2) is 0 Å². The minimum atomic E-state index is 0.448. The number of benzene rings is 1. The molecule has 1 aliphatic carbocycles. The van der Waals surface area contributed by atoms with Crippen LogP contribution in [0.2, 0.25) is 5.02 Å². The summed E-state index contributed by atoms with van der Waals surface area (Å²) in [6, 6.07) is 8.06. The van der Waals surface area contributed by atoms with Crippen LogP contribution in [-0.4, -0.2) is 19.7 Å². The van der Waals surface area contributed by atoms with Crippen LogP contribution in [0.25, 0.3) is 0 Å². The molecule has 2 nitrogen and oxygen atoms in total. The van der Waals surface area contributed by atoms with Gasteiger partial charge in [-0.15, -0.1) is 0 Å². The molecule has 1 atom stereocenters. The van der Waals surface area contributed by atoms with Gasteiger partial charge in [0, 0.05) is 11.1 Å². The lowest BCUT2D eigenvalue weighted by atomic mass is 9.78. The molecule has 112 valence electrons. The van der Waals surface area contributed by atoms with Crippen molar-refractivity contribution in [3.8, 4) is 5.75 Å². The third-order valence-electron chi connectivity index (χ3n) is 4.65. The van der Waals surface area contributed by atoms with Crippen LogP contribution >= 0.6 is 11.6 Å². The zero-order valence-electron chi connectivity index (χ0n) is 12.6. The van der Waals surface area contributed by atoms with Crippen molar-refractivity contribution in [2.75, 3.05) is 13.7 Å². The first kappa shape index (κ1) is 15.7. The number of likely N-dealkylation sites (N-methyl/N-ethyl adjacent to an activating group) is 1. The molecule has 1 saturated carbocycles. The Hall–Kier alpha value is -0.730. The van der Waals surface area contributed by atoms with E-state index >= 15 is 0 Å². The molecule has 0 heterocycles. The fourth-order valence-electron chi connectivity index (χ4n) is 3.17. The number of nitrogens with one attached hydrogen (secondary N) is 1. The Bertz CT molecular complexity index is 384. The van der Waals surface area contributed by atoms with Gasteiger partial charge >= 0.3 is 0 Å². The van der Waals surface area contributed by atoms with Gasteiger partial charge in [0.25, 0.3) is 0 Å². The Balaban J connectivity index is 1.81.